The molecule has 3 N–H and O–H groups in total. The molecule has 0 saturated carbocycles. The highest BCUT2D eigenvalue weighted by Crippen LogP contribution is 2.52. The van der Waals surface area contributed by atoms with E-state index < -0.39 is 23.2 Å². The number of halogens is 3. The molecule has 1 aliphatic heterocycles. The Kier molecular flexibility index (Phi) is 6.12. The fourth-order valence-electron chi connectivity index (χ4n) is 4.76. The number of allylic oxidation sites excluding steroid dienone is 4. The summed E-state index contributed by atoms with van der Waals surface area (Å²) in [7, 11) is 0. The summed E-state index contributed by atoms with van der Waals surface area (Å²) in [6.07, 6.45) is 7.14. The second-order valence-electron chi connectivity index (χ2n) is 9.00. The highest BCUT2D eigenvalue weighted by atomic mass is 19.4. The Morgan fingerprint density at radius 1 is 1.34 bits per heavy atom. The van der Waals surface area contributed by atoms with E-state index in [1.54, 1.807) is 24.7 Å². The van der Waals surface area contributed by atoms with E-state index in [0.717, 1.165) is 36.3 Å². The van der Waals surface area contributed by atoms with Crippen LogP contribution in [0.15, 0.2) is 59.7 Å². The van der Waals surface area contributed by atoms with Crippen LogP contribution in [0.5, 0.6) is 0 Å². The van der Waals surface area contributed by atoms with E-state index in [4.69, 9.17) is 10.7 Å². The lowest BCUT2D eigenvalue weighted by Crippen LogP contribution is -2.42. The monoisotopic (exact) mass is 522 g/mol. The summed E-state index contributed by atoms with van der Waals surface area (Å²) in [6.45, 7) is 6.96. The van der Waals surface area contributed by atoms with Crippen molar-refractivity contribution in [1.29, 1.82) is 0 Å². The van der Waals surface area contributed by atoms with Crippen molar-refractivity contribution in [3.63, 3.8) is 0 Å². The first-order chi connectivity index (χ1) is 18.1. The molecule has 3 aromatic rings. The van der Waals surface area contributed by atoms with Crippen LogP contribution in [0.3, 0.4) is 0 Å². The van der Waals surface area contributed by atoms with Crippen molar-refractivity contribution in [3.8, 4) is 11.5 Å². The van der Waals surface area contributed by atoms with Crippen molar-refractivity contribution in [2.45, 2.75) is 51.1 Å². The normalized spacial score (nSPS) is 19.4. The first-order valence-corrected chi connectivity index (χ1v) is 12.1. The molecule has 1 aliphatic carbocycles. The number of hydrogen-bond acceptors (Lipinski definition) is 7. The van der Waals surface area contributed by atoms with E-state index in [1.165, 1.54) is 6.92 Å². The molecule has 2 aliphatic rings. The summed E-state index contributed by atoms with van der Waals surface area (Å²) in [4.78, 5) is 35.5. The third-order valence-corrected chi connectivity index (χ3v) is 6.60. The molecule has 196 valence electrons. The van der Waals surface area contributed by atoms with Crippen LogP contribution in [0.25, 0.3) is 17.2 Å². The summed E-state index contributed by atoms with van der Waals surface area (Å²) in [5.41, 5.74) is 5.96. The maximum absolute atomic E-state index is 13.6. The average molecular weight is 523 g/mol. The van der Waals surface area contributed by atoms with E-state index in [0.29, 0.717) is 24.1 Å². The molecule has 5 rings (SSSR count). The number of fused-ring (bicyclic) bond motifs is 2. The number of nitrogens with one attached hydrogen (secondary N) is 1. The molecule has 1 amide bonds. The third kappa shape index (κ3) is 3.96. The fourth-order valence-corrected chi connectivity index (χ4v) is 4.76. The summed E-state index contributed by atoms with van der Waals surface area (Å²) in [5, 5.41) is 2.70. The average Bonchev–Trinajstić information content (AvgIpc) is 3.53. The Bertz CT molecular complexity index is 1570. The molecule has 0 saturated heterocycles. The van der Waals surface area contributed by atoms with Gasteiger partial charge in [0.1, 0.15) is 28.4 Å². The molecule has 0 radical (unpaired) electrons. The fraction of sp³-hybridized carbons (Fsp3) is 0.308. The number of nitrogens with two attached hydrogens (primary N) is 1. The Hall–Kier alpha value is -4.35. The van der Waals surface area contributed by atoms with Gasteiger partial charge in [-0.3, -0.25) is 4.79 Å². The van der Waals surface area contributed by atoms with Gasteiger partial charge in [0.05, 0.1) is 17.0 Å². The molecule has 0 bridgehead atoms. The number of unbranched alkanes of at least 4 members (excludes halogenated alkanes) is 1. The number of anilines is 2. The standard InChI is InChI=1S/C26H25F3N8O/c1-4-7-8-15-23-31-11-12-37(23)13-16(32-15)21-34-20(30)19-22(35-21)36-24(38)25(19,14-9-10-14)17(5-2)33-18(6-3)26(27,28)29/h5-6,9,11-13H,2,4,7-8,10H2,1,3H3,(H3,30,34,35,36,38)/b18-6-,33-17?. The number of carbonyl (C=O) groups excluding carboxylic acids is 1. The molecule has 0 aromatic carbocycles. The second-order valence-corrected chi connectivity index (χ2v) is 9.00. The van der Waals surface area contributed by atoms with Crippen molar-refractivity contribution in [2.75, 3.05) is 11.1 Å². The topological polar surface area (TPSA) is 123 Å². The number of aromatic nitrogens is 5. The van der Waals surface area contributed by atoms with E-state index in [9.17, 15) is 18.0 Å². The molecular weight excluding hydrogens is 497 g/mol. The molecular formula is C26H25F3N8O. The van der Waals surface area contributed by atoms with Crippen LogP contribution < -0.4 is 11.1 Å². The van der Waals surface area contributed by atoms with E-state index in [2.05, 4.69) is 38.8 Å². The van der Waals surface area contributed by atoms with Crippen LogP contribution in [-0.2, 0) is 16.6 Å². The Morgan fingerprint density at radius 3 is 2.74 bits per heavy atom. The minimum absolute atomic E-state index is 0.0672. The van der Waals surface area contributed by atoms with Crippen LogP contribution in [0.2, 0.25) is 0 Å². The Labute approximate surface area is 216 Å². The highest BCUT2D eigenvalue weighted by Gasteiger charge is 2.57. The summed E-state index contributed by atoms with van der Waals surface area (Å²) < 4.78 is 42.5. The molecule has 3 aromatic heterocycles. The second kappa shape index (κ2) is 9.19. The van der Waals surface area contributed by atoms with Crippen molar-refractivity contribution < 1.29 is 18.0 Å². The van der Waals surface area contributed by atoms with Crippen molar-refractivity contribution in [3.05, 3.63) is 65.9 Å². The lowest BCUT2D eigenvalue weighted by atomic mass is 9.74. The number of imidazole rings is 1. The number of aryl methyl sites for hydroxylation is 1. The van der Waals surface area contributed by atoms with Crippen LogP contribution in [0.4, 0.5) is 24.8 Å². The molecule has 38 heavy (non-hydrogen) atoms. The quantitative estimate of drug-likeness (QED) is 0.326. The smallest absolute Gasteiger partial charge is 0.383 e. The third-order valence-electron chi connectivity index (χ3n) is 6.60. The number of alkyl halides is 3. The first kappa shape index (κ1) is 25.3. The molecule has 0 spiro atoms. The number of nitrogen functional groups attached to an aromatic ring is 1. The summed E-state index contributed by atoms with van der Waals surface area (Å²) in [5.74, 6) is -0.428. The Morgan fingerprint density at radius 2 is 2.11 bits per heavy atom. The lowest BCUT2D eigenvalue weighted by molar-refractivity contribution is -0.117. The number of rotatable bonds is 8. The predicted molar refractivity (Wildman–Crippen MR) is 137 cm³/mol. The minimum Gasteiger partial charge on any atom is -0.383 e. The predicted octanol–water partition coefficient (Wildman–Crippen LogP) is 4.72. The van der Waals surface area contributed by atoms with Crippen molar-refractivity contribution in [1.82, 2.24) is 24.3 Å². The Balaban J connectivity index is 1.68. The number of amides is 1. The number of carbonyl (C=O) groups is 1. The molecule has 4 heterocycles. The van der Waals surface area contributed by atoms with Crippen LogP contribution in [0.1, 0.15) is 44.4 Å². The molecule has 1 atom stereocenters. The largest absolute Gasteiger partial charge is 0.433 e. The zero-order valence-electron chi connectivity index (χ0n) is 20.8. The van der Waals surface area contributed by atoms with Gasteiger partial charge in [0.2, 0.25) is 5.91 Å². The van der Waals surface area contributed by atoms with Gasteiger partial charge < -0.3 is 15.5 Å². The molecule has 12 heteroatoms. The molecule has 9 nitrogen and oxygen atoms in total. The maximum Gasteiger partial charge on any atom is 0.433 e. The number of hydrogen-bond donors (Lipinski definition) is 2. The van der Waals surface area contributed by atoms with Crippen LogP contribution in [-0.4, -0.2) is 42.1 Å². The zero-order chi connectivity index (χ0) is 27.2. The van der Waals surface area contributed by atoms with Gasteiger partial charge in [0.15, 0.2) is 11.5 Å². The van der Waals surface area contributed by atoms with Gasteiger partial charge in [0.25, 0.3) is 0 Å². The van der Waals surface area contributed by atoms with Gasteiger partial charge in [-0.05, 0) is 37.8 Å². The molecule has 0 fully saturated rings. The summed E-state index contributed by atoms with van der Waals surface area (Å²) >= 11 is 0. The van der Waals surface area contributed by atoms with Crippen molar-refractivity contribution in [2.24, 2.45) is 4.99 Å². The minimum atomic E-state index is -4.72. The van der Waals surface area contributed by atoms with Gasteiger partial charge in [-0.25, -0.2) is 24.9 Å². The zero-order valence-corrected chi connectivity index (χ0v) is 20.8. The lowest BCUT2D eigenvalue weighted by Gasteiger charge is -2.26. The first-order valence-electron chi connectivity index (χ1n) is 12.1. The van der Waals surface area contributed by atoms with Gasteiger partial charge in [-0.15, -0.1) is 0 Å². The SMILES string of the molecule is C=CC(=N/C(=C\C)C(F)(F)F)C1(C2=CC2)C(=O)Nc2nc(-c3cn4ccnc4c(CCCC)n3)nc(N)c21. The number of nitrogens with zero attached hydrogens (tertiary/aromatic N) is 6. The van der Waals surface area contributed by atoms with E-state index in [-0.39, 0.29) is 28.7 Å². The van der Waals surface area contributed by atoms with E-state index in [1.807, 2.05) is 4.40 Å². The molecule has 1 unspecified atom stereocenters. The maximum atomic E-state index is 13.6. The van der Waals surface area contributed by atoms with E-state index >= 15 is 0 Å². The van der Waals surface area contributed by atoms with Crippen LogP contribution >= 0.6 is 0 Å². The highest BCUT2D eigenvalue weighted by molar-refractivity contribution is 6.29. The summed E-state index contributed by atoms with van der Waals surface area (Å²) in [6, 6.07) is 0. The van der Waals surface area contributed by atoms with Gasteiger partial charge in [0, 0.05) is 18.6 Å². The number of aliphatic imine (C=N–C) groups is 1. The van der Waals surface area contributed by atoms with Crippen LogP contribution in [0, 0.1) is 0 Å². The van der Waals surface area contributed by atoms with Gasteiger partial charge in [-0.1, -0.05) is 32.1 Å². The van der Waals surface area contributed by atoms with Gasteiger partial charge in [-0.2, -0.15) is 13.2 Å². The van der Waals surface area contributed by atoms with Gasteiger partial charge >= 0.3 is 6.18 Å². The van der Waals surface area contributed by atoms with Crippen molar-refractivity contribution >= 4 is 28.9 Å².